The van der Waals surface area contributed by atoms with Gasteiger partial charge in [0.05, 0.1) is 33.1 Å². The molecule has 12 rings (SSSR count). The maximum atomic E-state index is 11.2. The number of aromatic nitrogens is 3. The van der Waals surface area contributed by atoms with E-state index in [0.29, 0.717) is 11.0 Å². The van der Waals surface area contributed by atoms with Crippen molar-refractivity contribution >= 4 is 76.8 Å². The van der Waals surface area contributed by atoms with Gasteiger partial charge in [-0.3, -0.25) is 0 Å². The predicted octanol–water partition coefficient (Wildman–Crippen LogP) is 14.6. The molecule has 3 aromatic heterocycles. The maximum absolute atomic E-state index is 11.2. The summed E-state index contributed by atoms with van der Waals surface area (Å²) in [7, 11) is 0. The molecule has 9 nitrogen and oxygen atoms in total. The van der Waals surface area contributed by atoms with Crippen molar-refractivity contribution in [2.45, 2.75) is 0 Å². The Labute approximate surface area is 395 Å². The van der Waals surface area contributed by atoms with Crippen molar-refractivity contribution in [1.29, 1.82) is 0 Å². The first-order valence-corrected chi connectivity index (χ1v) is 22.5. The molecule has 0 amide bonds. The maximum Gasteiger partial charge on any atom is 0.208 e. The molecule has 0 unspecified atom stereocenters. The Bertz CT molecular complexity index is 4070. The minimum absolute atomic E-state index is 0.261. The number of phenolic OH excluding ortho intramolecular Hbond substituents is 5. The van der Waals surface area contributed by atoms with E-state index in [1.807, 2.05) is 66.8 Å². The first kappa shape index (κ1) is 40.9. The second-order valence-electron chi connectivity index (χ2n) is 16.9. The minimum Gasteiger partial charge on any atom is -0.503 e. The molecule has 0 aliphatic heterocycles. The first-order valence-electron chi connectivity index (χ1n) is 22.5. The van der Waals surface area contributed by atoms with E-state index in [2.05, 4.69) is 160 Å². The molecule has 5 N–H and O–H groups in total. The van der Waals surface area contributed by atoms with Crippen LogP contribution in [0.1, 0.15) is 0 Å². The van der Waals surface area contributed by atoms with E-state index in [1.165, 1.54) is 5.39 Å². The summed E-state index contributed by atoms with van der Waals surface area (Å²) >= 11 is 0. The van der Waals surface area contributed by atoms with Crippen LogP contribution in [0, 0.1) is 0 Å². The van der Waals surface area contributed by atoms with Gasteiger partial charge in [-0.1, -0.05) is 122 Å². The summed E-state index contributed by atoms with van der Waals surface area (Å²) in [6.45, 7) is 3.86. The molecule has 3 heterocycles. The van der Waals surface area contributed by atoms with Crippen LogP contribution in [0.5, 0.6) is 28.7 Å². The predicted molar refractivity (Wildman–Crippen MR) is 280 cm³/mol. The van der Waals surface area contributed by atoms with Gasteiger partial charge in [-0.05, 0) is 102 Å². The molecule has 0 spiro atoms. The molecule has 0 aliphatic carbocycles. The van der Waals surface area contributed by atoms with Crippen LogP contribution in [0.25, 0.3) is 93.6 Å². The second kappa shape index (κ2) is 16.1. The molecule has 9 aromatic carbocycles. The Balaban J connectivity index is 1.01. The molecular formula is C60H42N4O5. The van der Waals surface area contributed by atoms with Crippen LogP contribution in [-0.2, 0) is 0 Å². The smallest absolute Gasteiger partial charge is 0.208 e. The lowest BCUT2D eigenvalue weighted by atomic mass is 9.95. The molecule has 0 fully saturated rings. The van der Waals surface area contributed by atoms with Gasteiger partial charge in [0.15, 0.2) is 11.5 Å². The number of fused-ring (bicyclic) bond motifs is 9. The van der Waals surface area contributed by atoms with Crippen molar-refractivity contribution in [2.24, 2.45) is 0 Å². The molecule has 69 heavy (non-hydrogen) atoms. The lowest BCUT2D eigenvalue weighted by Gasteiger charge is -2.22. The van der Waals surface area contributed by atoms with Gasteiger partial charge in [-0.2, -0.15) is 0 Å². The van der Waals surface area contributed by atoms with E-state index in [4.69, 9.17) is 0 Å². The van der Waals surface area contributed by atoms with Gasteiger partial charge >= 0.3 is 0 Å². The van der Waals surface area contributed by atoms with Gasteiger partial charge in [-0.25, -0.2) is 0 Å². The van der Waals surface area contributed by atoms with Gasteiger partial charge in [0.2, 0.25) is 17.2 Å². The average Bonchev–Trinajstić information content (AvgIpc) is 4.04. The number of aromatic hydroxyl groups is 5. The highest BCUT2D eigenvalue weighted by Gasteiger charge is 2.28. The van der Waals surface area contributed by atoms with Crippen LogP contribution in [0.15, 0.2) is 219 Å². The first-order chi connectivity index (χ1) is 33.8. The van der Waals surface area contributed by atoms with Crippen molar-refractivity contribution in [2.75, 3.05) is 4.90 Å². The highest BCUT2D eigenvalue weighted by atomic mass is 16.4. The molecule has 332 valence electrons. The minimum atomic E-state index is -1.01. The van der Waals surface area contributed by atoms with E-state index in [1.54, 1.807) is 10.6 Å². The molecule has 0 atom stereocenters. The fourth-order valence-corrected chi connectivity index (χ4v) is 10.2. The summed E-state index contributed by atoms with van der Waals surface area (Å²) in [5.41, 5.74) is 11.2. The van der Waals surface area contributed by atoms with Crippen LogP contribution in [-0.4, -0.2) is 39.2 Å². The van der Waals surface area contributed by atoms with Crippen LogP contribution >= 0.6 is 0 Å². The normalized spacial score (nSPS) is 12.0. The molecule has 0 radical (unpaired) electrons. The second-order valence-corrected chi connectivity index (χ2v) is 16.9. The summed E-state index contributed by atoms with van der Waals surface area (Å²) < 4.78 is 6.20. The lowest BCUT2D eigenvalue weighted by molar-refractivity contribution is 0.327. The third kappa shape index (κ3) is 6.25. The summed E-state index contributed by atoms with van der Waals surface area (Å²) in [4.78, 5) is 2.20. The third-order valence-electron chi connectivity index (χ3n) is 13.2. The summed E-state index contributed by atoms with van der Waals surface area (Å²) in [5, 5.41) is 60.0. The average molecular weight is 899 g/mol. The number of hydrogen-bond acceptors (Lipinski definition) is 6. The van der Waals surface area contributed by atoms with Crippen molar-refractivity contribution < 1.29 is 25.5 Å². The number of phenols is 5. The number of para-hydroxylation sites is 4. The molecule has 0 aliphatic rings. The van der Waals surface area contributed by atoms with E-state index in [-0.39, 0.29) is 5.69 Å². The van der Waals surface area contributed by atoms with Crippen molar-refractivity contribution in [3.8, 4) is 56.9 Å². The Kier molecular flexibility index (Phi) is 9.52. The van der Waals surface area contributed by atoms with Gasteiger partial charge in [0, 0.05) is 61.3 Å². The summed E-state index contributed by atoms with van der Waals surface area (Å²) in [6.07, 6.45) is 9.74. The lowest BCUT2D eigenvalue weighted by Crippen LogP contribution is -2.08. The van der Waals surface area contributed by atoms with Gasteiger partial charge in [0.25, 0.3) is 0 Å². The van der Waals surface area contributed by atoms with Gasteiger partial charge in [-0.15, -0.1) is 0 Å². The zero-order chi connectivity index (χ0) is 46.9. The van der Waals surface area contributed by atoms with Crippen molar-refractivity contribution in [3.05, 3.63) is 219 Å². The van der Waals surface area contributed by atoms with Crippen LogP contribution in [0.2, 0.25) is 0 Å². The SMILES string of the molecule is C=C/C=C\C=C/N(c1ccc(-n2c3ccccc3c3c(-c4cccc5c4c4ccccc4n5-c4c(O)c(O)c(O)c(O)c4O)cccc32)cc1)c1ccc2c(c1)c1ccccc1n2-c1ccccc1. The Morgan fingerprint density at radius 3 is 1.45 bits per heavy atom. The molecule has 9 heteroatoms. The molecule has 0 bridgehead atoms. The van der Waals surface area contributed by atoms with Crippen LogP contribution in [0.3, 0.4) is 0 Å². The van der Waals surface area contributed by atoms with Crippen molar-refractivity contribution in [1.82, 2.24) is 13.7 Å². The third-order valence-corrected chi connectivity index (χ3v) is 13.2. The standard InChI is InChI=1S/C60H42N4O5/c1-2-3-4-14-35-61(40-33-34-50-46(36-40)41-19-8-11-24-47(41)62(50)38-17-6-5-7-18-38)37-29-31-39(32-30-37)63-48-25-12-9-20-44(48)53-42(22-15-27-51(53)63)43-23-16-28-52-54(43)45-21-10-13-26-49(45)64(52)55-56(65)58(67)60(69)59(68)57(55)66/h2-36,65-69H,1H2/b4-3-,35-14-. The number of anilines is 2. The number of benzene rings is 9. The van der Waals surface area contributed by atoms with Gasteiger partial charge in [0.1, 0.15) is 5.69 Å². The summed E-state index contributed by atoms with van der Waals surface area (Å²) in [6, 6.07) is 62.3. The van der Waals surface area contributed by atoms with E-state index >= 15 is 0 Å². The summed E-state index contributed by atoms with van der Waals surface area (Å²) in [5.74, 6) is -4.45. The number of nitrogens with zero attached hydrogens (tertiary/aromatic N) is 4. The highest BCUT2D eigenvalue weighted by molar-refractivity contribution is 6.22. The van der Waals surface area contributed by atoms with Crippen LogP contribution < -0.4 is 4.90 Å². The Morgan fingerprint density at radius 1 is 0.362 bits per heavy atom. The quantitative estimate of drug-likeness (QED) is 0.0559. The molecule has 0 saturated carbocycles. The fourth-order valence-electron chi connectivity index (χ4n) is 10.2. The molecule has 0 saturated heterocycles. The number of hydrogen-bond donors (Lipinski definition) is 5. The van der Waals surface area contributed by atoms with Crippen molar-refractivity contribution in [3.63, 3.8) is 0 Å². The van der Waals surface area contributed by atoms with E-state index < -0.39 is 28.7 Å². The largest absolute Gasteiger partial charge is 0.503 e. The Hall–Kier alpha value is -9.60. The topological polar surface area (TPSA) is 119 Å². The van der Waals surface area contributed by atoms with E-state index in [0.717, 1.165) is 82.9 Å². The van der Waals surface area contributed by atoms with Crippen LogP contribution in [0.4, 0.5) is 11.4 Å². The Morgan fingerprint density at radius 2 is 0.826 bits per heavy atom. The monoisotopic (exact) mass is 898 g/mol. The number of rotatable bonds is 9. The fraction of sp³-hybridized carbons (Fsp3) is 0. The zero-order valence-corrected chi connectivity index (χ0v) is 36.9. The highest BCUT2D eigenvalue weighted by Crippen LogP contribution is 2.54. The van der Waals surface area contributed by atoms with Gasteiger partial charge < -0.3 is 44.1 Å². The van der Waals surface area contributed by atoms with E-state index in [9.17, 15) is 25.5 Å². The zero-order valence-electron chi connectivity index (χ0n) is 36.9. The molecule has 12 aromatic rings. The molecular weight excluding hydrogens is 857 g/mol. The number of allylic oxidation sites excluding steroid dienone is 4.